The van der Waals surface area contributed by atoms with Crippen molar-refractivity contribution < 1.29 is 18.0 Å². The van der Waals surface area contributed by atoms with Crippen molar-refractivity contribution in [1.29, 1.82) is 0 Å². The Morgan fingerprint density at radius 3 is 2.31 bits per heavy atom. The Morgan fingerprint density at radius 2 is 1.75 bits per heavy atom. The number of aryl methyl sites for hydroxylation is 1. The maximum Gasteiger partial charge on any atom is 0.244 e. The highest BCUT2D eigenvalue weighted by Crippen LogP contribution is 2.26. The number of nitrogens with one attached hydrogen (secondary N) is 1. The highest BCUT2D eigenvalue weighted by molar-refractivity contribution is 7.92. The van der Waals surface area contributed by atoms with E-state index in [1.807, 2.05) is 13.0 Å². The van der Waals surface area contributed by atoms with Crippen molar-refractivity contribution in [3.8, 4) is 0 Å². The average molecular weight is 500 g/mol. The maximum absolute atomic E-state index is 13.4. The molecule has 174 valence electrons. The van der Waals surface area contributed by atoms with Gasteiger partial charge in [0, 0.05) is 13.6 Å². The predicted octanol–water partition coefficient (Wildman–Crippen LogP) is 3.54. The third-order valence-corrected chi connectivity index (χ3v) is 7.14. The van der Waals surface area contributed by atoms with Gasteiger partial charge in [-0.15, -0.1) is 0 Å². The van der Waals surface area contributed by atoms with Gasteiger partial charge in [-0.25, -0.2) is 8.42 Å². The number of carbonyl (C=O) groups is 2. The minimum absolute atomic E-state index is 0.0503. The lowest BCUT2D eigenvalue weighted by molar-refractivity contribution is -0.139. The van der Waals surface area contributed by atoms with Crippen LogP contribution < -0.4 is 9.62 Å². The molecule has 2 rings (SSSR count). The van der Waals surface area contributed by atoms with Crippen molar-refractivity contribution in [2.75, 3.05) is 24.2 Å². The fourth-order valence-corrected chi connectivity index (χ4v) is 4.45. The standard InChI is InChI=1S/C22H27Cl2N3O4S/c1-14-7-6-8-20(15(14)2)27(32(5,30)31)13-21(28)26(16(3)22(29)25-4)12-17-9-10-18(23)19(24)11-17/h6-11,16H,12-13H2,1-5H3,(H,25,29)/t16-/m1/s1. The number of hydrogen-bond donors (Lipinski definition) is 1. The second-order valence-electron chi connectivity index (χ2n) is 7.55. The van der Waals surface area contributed by atoms with Crippen molar-refractivity contribution in [1.82, 2.24) is 10.2 Å². The number of nitrogens with zero attached hydrogens (tertiary/aromatic N) is 2. The summed E-state index contributed by atoms with van der Waals surface area (Å²) in [6, 6.07) is 9.32. The molecule has 0 aromatic heterocycles. The first kappa shape index (κ1) is 26.0. The lowest BCUT2D eigenvalue weighted by Gasteiger charge is -2.32. The number of carbonyl (C=O) groups excluding carboxylic acids is 2. The van der Waals surface area contributed by atoms with Crippen LogP contribution in [0.2, 0.25) is 10.0 Å². The first-order valence-electron chi connectivity index (χ1n) is 9.85. The van der Waals surface area contributed by atoms with Crippen LogP contribution in [0.1, 0.15) is 23.6 Å². The zero-order valence-electron chi connectivity index (χ0n) is 18.6. The van der Waals surface area contributed by atoms with E-state index in [4.69, 9.17) is 23.2 Å². The van der Waals surface area contributed by atoms with E-state index >= 15 is 0 Å². The van der Waals surface area contributed by atoms with Gasteiger partial charge in [0.15, 0.2) is 0 Å². The van der Waals surface area contributed by atoms with Gasteiger partial charge in [-0.1, -0.05) is 41.4 Å². The predicted molar refractivity (Wildman–Crippen MR) is 129 cm³/mol. The van der Waals surface area contributed by atoms with Crippen molar-refractivity contribution in [3.63, 3.8) is 0 Å². The monoisotopic (exact) mass is 499 g/mol. The number of amides is 2. The van der Waals surface area contributed by atoms with Crippen LogP contribution in [0, 0.1) is 13.8 Å². The van der Waals surface area contributed by atoms with E-state index in [0.29, 0.717) is 21.3 Å². The van der Waals surface area contributed by atoms with E-state index in [9.17, 15) is 18.0 Å². The summed E-state index contributed by atoms with van der Waals surface area (Å²) in [6.07, 6.45) is 1.05. The fraction of sp³-hybridized carbons (Fsp3) is 0.364. The molecule has 0 heterocycles. The van der Waals surface area contributed by atoms with Crippen LogP contribution in [0.4, 0.5) is 5.69 Å². The third kappa shape index (κ3) is 6.15. The summed E-state index contributed by atoms with van der Waals surface area (Å²) in [5.74, 6) is -0.908. The van der Waals surface area contributed by atoms with Gasteiger partial charge in [0.1, 0.15) is 12.6 Å². The van der Waals surface area contributed by atoms with Crippen LogP contribution in [0.15, 0.2) is 36.4 Å². The molecule has 10 heteroatoms. The Kier molecular flexibility index (Phi) is 8.56. The van der Waals surface area contributed by atoms with Crippen LogP contribution in [0.5, 0.6) is 0 Å². The summed E-state index contributed by atoms with van der Waals surface area (Å²) in [7, 11) is -2.30. The molecule has 2 aromatic rings. The molecule has 0 unspecified atom stereocenters. The second-order valence-corrected chi connectivity index (χ2v) is 10.3. The van der Waals surface area contributed by atoms with Crippen LogP contribution in [-0.4, -0.2) is 51.0 Å². The van der Waals surface area contributed by atoms with E-state index in [1.54, 1.807) is 44.2 Å². The van der Waals surface area contributed by atoms with E-state index in [2.05, 4.69) is 5.32 Å². The number of hydrogen-bond acceptors (Lipinski definition) is 4. The number of sulfonamides is 1. The number of rotatable bonds is 8. The molecular formula is C22H27Cl2N3O4S. The molecule has 2 amide bonds. The quantitative estimate of drug-likeness (QED) is 0.601. The van der Waals surface area contributed by atoms with Gasteiger partial charge in [0.2, 0.25) is 21.8 Å². The Hall–Kier alpha value is -2.29. The van der Waals surface area contributed by atoms with E-state index < -0.39 is 28.5 Å². The number of likely N-dealkylation sites (N-methyl/N-ethyl adjacent to an activating group) is 1. The SMILES string of the molecule is CNC(=O)[C@@H](C)N(Cc1ccc(Cl)c(Cl)c1)C(=O)CN(c1cccc(C)c1C)S(C)(=O)=O. The normalized spacial score (nSPS) is 12.2. The summed E-state index contributed by atoms with van der Waals surface area (Å²) in [5, 5.41) is 3.21. The topological polar surface area (TPSA) is 86.8 Å². The Bertz CT molecular complexity index is 1120. The zero-order chi connectivity index (χ0) is 24.2. The molecule has 0 saturated carbocycles. The van der Waals surface area contributed by atoms with Crippen molar-refractivity contribution in [3.05, 3.63) is 63.1 Å². The van der Waals surface area contributed by atoms with Crippen molar-refractivity contribution >= 4 is 50.7 Å². The summed E-state index contributed by atoms with van der Waals surface area (Å²) in [4.78, 5) is 27.0. The summed E-state index contributed by atoms with van der Waals surface area (Å²) in [6.45, 7) is 4.84. The minimum atomic E-state index is -3.78. The van der Waals surface area contributed by atoms with Crippen molar-refractivity contribution in [2.45, 2.75) is 33.4 Å². The third-order valence-electron chi connectivity index (χ3n) is 5.27. The molecule has 0 bridgehead atoms. The molecule has 0 aliphatic rings. The number of anilines is 1. The van der Waals surface area contributed by atoms with Crippen LogP contribution >= 0.6 is 23.2 Å². The van der Waals surface area contributed by atoms with Crippen molar-refractivity contribution in [2.24, 2.45) is 0 Å². The van der Waals surface area contributed by atoms with E-state index in [0.717, 1.165) is 21.7 Å². The first-order chi connectivity index (χ1) is 14.9. The fourth-order valence-electron chi connectivity index (χ4n) is 3.23. The molecule has 0 aliphatic heterocycles. The van der Waals surface area contributed by atoms with Gasteiger partial charge in [-0.05, 0) is 55.7 Å². The second kappa shape index (κ2) is 10.6. The molecule has 7 nitrogen and oxygen atoms in total. The molecule has 0 spiro atoms. The molecule has 1 atom stereocenters. The summed E-state index contributed by atoms with van der Waals surface area (Å²) in [5.41, 5.74) is 2.72. The van der Waals surface area contributed by atoms with Gasteiger partial charge in [0.25, 0.3) is 0 Å². The van der Waals surface area contributed by atoms with E-state index in [1.165, 1.54) is 11.9 Å². The summed E-state index contributed by atoms with van der Waals surface area (Å²) >= 11 is 12.1. The minimum Gasteiger partial charge on any atom is -0.357 e. The molecule has 1 N–H and O–H groups in total. The highest BCUT2D eigenvalue weighted by atomic mass is 35.5. The lowest BCUT2D eigenvalue weighted by Crippen LogP contribution is -2.50. The average Bonchev–Trinajstić information content (AvgIpc) is 2.73. The van der Waals surface area contributed by atoms with Gasteiger partial charge < -0.3 is 10.2 Å². The van der Waals surface area contributed by atoms with Gasteiger partial charge in [0.05, 0.1) is 22.0 Å². The first-order valence-corrected chi connectivity index (χ1v) is 12.5. The van der Waals surface area contributed by atoms with Gasteiger partial charge in [-0.3, -0.25) is 13.9 Å². The number of benzene rings is 2. The maximum atomic E-state index is 13.4. The lowest BCUT2D eigenvalue weighted by atomic mass is 10.1. The molecule has 0 aliphatic carbocycles. The molecule has 0 fully saturated rings. The zero-order valence-corrected chi connectivity index (χ0v) is 21.0. The molecule has 0 saturated heterocycles. The molecular weight excluding hydrogens is 473 g/mol. The smallest absolute Gasteiger partial charge is 0.244 e. The van der Waals surface area contributed by atoms with Gasteiger partial charge >= 0.3 is 0 Å². The Labute approximate surface area is 199 Å². The molecule has 0 radical (unpaired) electrons. The number of halogens is 2. The highest BCUT2D eigenvalue weighted by Gasteiger charge is 2.30. The Balaban J connectivity index is 2.45. The van der Waals surface area contributed by atoms with Crippen LogP contribution in [0.25, 0.3) is 0 Å². The largest absolute Gasteiger partial charge is 0.357 e. The molecule has 2 aromatic carbocycles. The molecule has 32 heavy (non-hydrogen) atoms. The Morgan fingerprint density at radius 1 is 1.09 bits per heavy atom. The van der Waals surface area contributed by atoms with E-state index in [-0.39, 0.29) is 12.5 Å². The van der Waals surface area contributed by atoms with Crippen LogP contribution in [-0.2, 0) is 26.2 Å². The summed E-state index contributed by atoms with van der Waals surface area (Å²) < 4.78 is 26.3. The van der Waals surface area contributed by atoms with Crippen LogP contribution in [0.3, 0.4) is 0 Å². The van der Waals surface area contributed by atoms with Gasteiger partial charge in [-0.2, -0.15) is 0 Å².